The molecule has 28 heavy (non-hydrogen) atoms. The van der Waals surface area contributed by atoms with Gasteiger partial charge in [0, 0.05) is 6.42 Å². The summed E-state index contributed by atoms with van der Waals surface area (Å²) in [5.41, 5.74) is -2.62. The van der Waals surface area contributed by atoms with Crippen LogP contribution in [0.4, 0.5) is 22.0 Å². The lowest BCUT2D eigenvalue weighted by molar-refractivity contribution is -0.359. The molecule has 4 aliphatic rings. The van der Waals surface area contributed by atoms with Crippen molar-refractivity contribution in [3.63, 3.8) is 0 Å². The van der Waals surface area contributed by atoms with Gasteiger partial charge in [-0.25, -0.2) is 13.6 Å². The molecule has 0 aromatic carbocycles. The van der Waals surface area contributed by atoms with Crippen LogP contribution in [0.5, 0.6) is 0 Å². The number of esters is 1. The van der Waals surface area contributed by atoms with Crippen LogP contribution < -0.4 is 0 Å². The first-order valence-electron chi connectivity index (χ1n) is 8.99. The van der Waals surface area contributed by atoms with Gasteiger partial charge in [0.05, 0.1) is 17.6 Å². The molecule has 0 spiro atoms. The second-order valence-corrected chi connectivity index (χ2v) is 8.30. The number of carbonyl (C=O) groups excluding carboxylic acids is 1. The third kappa shape index (κ3) is 3.58. The predicted octanol–water partition coefficient (Wildman–Crippen LogP) is 2.88. The summed E-state index contributed by atoms with van der Waals surface area (Å²) in [5, 5.41) is 19.8. The number of ether oxygens (including phenoxy) is 2. The van der Waals surface area contributed by atoms with E-state index in [1.54, 1.807) is 0 Å². The monoisotopic (exact) mass is 416 g/mol. The van der Waals surface area contributed by atoms with Gasteiger partial charge in [-0.15, -0.1) is 0 Å². The fourth-order valence-electron chi connectivity index (χ4n) is 5.38. The third-order valence-electron chi connectivity index (χ3n) is 6.00. The van der Waals surface area contributed by atoms with Gasteiger partial charge in [0.25, 0.3) is 0 Å². The minimum absolute atomic E-state index is 0.0660. The van der Waals surface area contributed by atoms with Gasteiger partial charge in [-0.1, -0.05) is 0 Å². The van der Waals surface area contributed by atoms with Crippen LogP contribution in [0.3, 0.4) is 0 Å². The van der Waals surface area contributed by atoms with Crippen molar-refractivity contribution in [1.29, 1.82) is 0 Å². The number of hydrogen-bond acceptors (Lipinski definition) is 5. The molecule has 3 atom stereocenters. The molecule has 11 heteroatoms. The summed E-state index contributed by atoms with van der Waals surface area (Å²) in [4.78, 5) is 24.2. The zero-order chi connectivity index (χ0) is 21.0. The van der Waals surface area contributed by atoms with E-state index in [1.807, 2.05) is 0 Å². The van der Waals surface area contributed by atoms with Gasteiger partial charge in [0.1, 0.15) is 0 Å². The van der Waals surface area contributed by atoms with Crippen molar-refractivity contribution in [2.75, 3.05) is 6.61 Å². The van der Waals surface area contributed by atoms with Crippen LogP contribution in [0.25, 0.3) is 0 Å². The fraction of sp³-hybridized carbons (Fsp3) is 0.882. The lowest BCUT2D eigenvalue weighted by atomic mass is 9.48. The van der Waals surface area contributed by atoms with Crippen molar-refractivity contribution < 1.29 is 51.2 Å². The summed E-state index contributed by atoms with van der Waals surface area (Å²) in [6, 6.07) is 0. The van der Waals surface area contributed by atoms with Crippen molar-refractivity contribution in [2.24, 2.45) is 17.3 Å². The molecule has 6 nitrogen and oxygen atoms in total. The Bertz CT molecular complexity index is 636. The molecule has 0 heterocycles. The minimum atomic E-state index is -5.68. The van der Waals surface area contributed by atoms with E-state index >= 15 is 0 Å². The van der Waals surface area contributed by atoms with Gasteiger partial charge in [-0.2, -0.15) is 13.2 Å². The standard InChI is InChI=1S/C17H21F5O6/c18-11(19)1-2-27-16(12(23)24,17(20,21)22)28-13(25)14-4-9-3-10(5-14)7-15(26,6-9)8-14/h9-11,26H,1-8H2,(H,23,24). The van der Waals surface area contributed by atoms with Crippen molar-refractivity contribution in [3.05, 3.63) is 0 Å². The molecule has 4 aliphatic carbocycles. The highest BCUT2D eigenvalue weighted by molar-refractivity contribution is 5.84. The van der Waals surface area contributed by atoms with Gasteiger partial charge in [-0.05, 0) is 50.4 Å². The van der Waals surface area contributed by atoms with Crippen molar-refractivity contribution in [2.45, 2.75) is 68.9 Å². The molecular weight excluding hydrogens is 395 g/mol. The number of alkyl halides is 5. The summed E-state index contributed by atoms with van der Waals surface area (Å²) in [6.07, 6.45) is -7.98. The van der Waals surface area contributed by atoms with Crippen LogP contribution in [0, 0.1) is 17.3 Å². The summed E-state index contributed by atoms with van der Waals surface area (Å²) < 4.78 is 73.8. The maximum atomic E-state index is 13.5. The molecule has 2 N–H and O–H groups in total. The maximum Gasteiger partial charge on any atom is 0.468 e. The van der Waals surface area contributed by atoms with Gasteiger partial charge in [0.15, 0.2) is 0 Å². The van der Waals surface area contributed by atoms with E-state index in [1.165, 1.54) is 0 Å². The number of aliphatic hydroxyl groups is 1. The van der Waals surface area contributed by atoms with Crippen LogP contribution in [0.2, 0.25) is 0 Å². The minimum Gasteiger partial charge on any atom is -0.476 e. The number of halogens is 5. The molecule has 0 aliphatic heterocycles. The molecule has 4 saturated carbocycles. The van der Waals surface area contributed by atoms with E-state index in [2.05, 4.69) is 9.47 Å². The second kappa shape index (κ2) is 6.79. The zero-order valence-electron chi connectivity index (χ0n) is 14.8. The van der Waals surface area contributed by atoms with Crippen molar-refractivity contribution >= 4 is 11.9 Å². The van der Waals surface area contributed by atoms with Crippen molar-refractivity contribution in [3.8, 4) is 0 Å². The SMILES string of the molecule is O=C(OC(OCCC(F)F)(C(=O)O)C(F)(F)F)C12CC3CC(CC(O)(C3)C1)C2. The Kier molecular flexibility index (Phi) is 5.15. The van der Waals surface area contributed by atoms with Crippen molar-refractivity contribution in [1.82, 2.24) is 0 Å². The molecule has 0 radical (unpaired) electrons. The topological polar surface area (TPSA) is 93.1 Å². The molecule has 0 aromatic rings. The first-order valence-corrected chi connectivity index (χ1v) is 8.99. The lowest BCUT2D eigenvalue weighted by Gasteiger charge is -2.59. The Labute approximate surface area is 157 Å². The van der Waals surface area contributed by atoms with E-state index in [9.17, 15) is 36.6 Å². The summed E-state index contributed by atoms with van der Waals surface area (Å²) in [5.74, 6) is -8.57. The number of carboxylic acid groups (broad SMARTS) is 1. The Morgan fingerprint density at radius 1 is 1.11 bits per heavy atom. The van der Waals surface area contributed by atoms with Gasteiger partial charge in [-0.3, -0.25) is 4.79 Å². The summed E-state index contributed by atoms with van der Waals surface area (Å²) in [6.45, 7) is -1.26. The van der Waals surface area contributed by atoms with Gasteiger partial charge < -0.3 is 19.7 Å². The highest BCUT2D eigenvalue weighted by Crippen LogP contribution is 2.62. The molecule has 0 aromatic heterocycles. The zero-order valence-corrected chi connectivity index (χ0v) is 14.8. The number of carboxylic acids is 1. The maximum absolute atomic E-state index is 13.5. The first-order chi connectivity index (χ1) is 12.8. The second-order valence-electron chi connectivity index (χ2n) is 8.30. The van der Waals surface area contributed by atoms with Gasteiger partial charge in [0.2, 0.25) is 6.43 Å². The first kappa shape index (κ1) is 21.2. The predicted molar refractivity (Wildman–Crippen MR) is 81.2 cm³/mol. The smallest absolute Gasteiger partial charge is 0.468 e. The molecule has 4 bridgehead atoms. The Balaban J connectivity index is 1.86. The number of aliphatic carboxylic acids is 1. The Hall–Kier alpha value is -1.49. The van der Waals surface area contributed by atoms with Crippen LogP contribution in [0.15, 0.2) is 0 Å². The van der Waals surface area contributed by atoms with Crippen LogP contribution in [-0.2, 0) is 19.1 Å². The van der Waals surface area contributed by atoms with E-state index < -0.39 is 54.4 Å². The lowest BCUT2D eigenvalue weighted by Crippen LogP contribution is -2.63. The van der Waals surface area contributed by atoms with Crippen LogP contribution in [0.1, 0.15) is 44.9 Å². The Morgan fingerprint density at radius 3 is 2.11 bits per heavy atom. The normalized spacial score (nSPS) is 36.4. The van der Waals surface area contributed by atoms with Crippen LogP contribution >= 0.6 is 0 Å². The largest absolute Gasteiger partial charge is 0.476 e. The molecular formula is C17H21F5O6. The molecule has 0 amide bonds. The quantitative estimate of drug-likeness (QED) is 0.377. The summed E-state index contributed by atoms with van der Waals surface area (Å²) in [7, 11) is 0. The van der Waals surface area contributed by atoms with E-state index in [0.29, 0.717) is 12.8 Å². The molecule has 3 unspecified atom stereocenters. The van der Waals surface area contributed by atoms with E-state index in [4.69, 9.17) is 5.11 Å². The molecule has 4 rings (SSSR count). The number of carbonyl (C=O) groups is 2. The highest BCUT2D eigenvalue weighted by Gasteiger charge is 2.69. The van der Waals surface area contributed by atoms with E-state index in [-0.39, 0.29) is 31.1 Å². The summed E-state index contributed by atoms with van der Waals surface area (Å²) >= 11 is 0. The van der Waals surface area contributed by atoms with Crippen LogP contribution in [-0.4, -0.2) is 52.7 Å². The average molecular weight is 416 g/mol. The fourth-order valence-corrected chi connectivity index (χ4v) is 5.38. The molecule has 0 saturated heterocycles. The third-order valence-corrected chi connectivity index (χ3v) is 6.00. The average Bonchev–Trinajstić information content (AvgIpc) is 2.49. The number of hydrogen-bond donors (Lipinski definition) is 2. The highest BCUT2D eigenvalue weighted by atomic mass is 19.4. The van der Waals surface area contributed by atoms with Gasteiger partial charge >= 0.3 is 23.9 Å². The Morgan fingerprint density at radius 2 is 1.68 bits per heavy atom. The number of rotatable bonds is 7. The molecule has 160 valence electrons. The van der Waals surface area contributed by atoms with E-state index in [0.717, 1.165) is 6.42 Å². The molecule has 4 fully saturated rings.